The van der Waals surface area contributed by atoms with Crippen molar-refractivity contribution < 1.29 is 0 Å². The van der Waals surface area contributed by atoms with Crippen LogP contribution in [0.2, 0.25) is 0 Å². The lowest BCUT2D eigenvalue weighted by atomic mass is 10.1. The molecule has 3 heteroatoms. The van der Waals surface area contributed by atoms with E-state index in [1.165, 1.54) is 38.5 Å². The summed E-state index contributed by atoms with van der Waals surface area (Å²) in [5.74, 6) is 1.06. The summed E-state index contributed by atoms with van der Waals surface area (Å²) < 4.78 is 2.29. The third-order valence-electron chi connectivity index (χ3n) is 3.28. The second kappa shape index (κ2) is 5.37. The number of imidazole rings is 1. The topological polar surface area (TPSA) is 29.9 Å². The molecule has 1 atom stereocenters. The number of anilines is 1. The average molecular weight is 221 g/mol. The molecule has 0 spiro atoms. The highest BCUT2D eigenvalue weighted by Gasteiger charge is 2.23. The van der Waals surface area contributed by atoms with Gasteiger partial charge in [-0.1, -0.05) is 26.2 Å². The summed E-state index contributed by atoms with van der Waals surface area (Å²) in [6.07, 6.45) is 11.8. The third kappa shape index (κ3) is 3.00. The Balaban J connectivity index is 1.87. The lowest BCUT2D eigenvalue weighted by Crippen LogP contribution is -2.12. The van der Waals surface area contributed by atoms with Crippen LogP contribution in [-0.2, 0) is 0 Å². The van der Waals surface area contributed by atoms with E-state index in [9.17, 15) is 0 Å². The summed E-state index contributed by atoms with van der Waals surface area (Å²) in [6.45, 7) is 4.54. The molecular weight excluding hydrogens is 198 g/mol. The standard InChI is InChI=1S/C13H23N3/c1-3-4-5-6-11(2)16-10-9-14-13(16)15-12-7-8-12/h9-12H,3-8H2,1-2H3,(H,14,15). The molecule has 3 nitrogen and oxygen atoms in total. The van der Waals surface area contributed by atoms with E-state index in [4.69, 9.17) is 0 Å². The molecule has 1 aliphatic rings. The maximum Gasteiger partial charge on any atom is 0.203 e. The molecule has 1 N–H and O–H groups in total. The fourth-order valence-corrected chi connectivity index (χ4v) is 2.02. The van der Waals surface area contributed by atoms with Gasteiger partial charge in [-0.05, 0) is 26.2 Å². The SMILES string of the molecule is CCCCCC(C)n1ccnc1NC1CC1. The van der Waals surface area contributed by atoms with Gasteiger partial charge in [0.2, 0.25) is 5.95 Å². The number of aromatic nitrogens is 2. The van der Waals surface area contributed by atoms with E-state index in [2.05, 4.69) is 34.9 Å². The quantitative estimate of drug-likeness (QED) is 0.713. The largest absolute Gasteiger partial charge is 0.353 e. The second-order valence-corrected chi connectivity index (χ2v) is 4.92. The summed E-state index contributed by atoms with van der Waals surface area (Å²) in [5.41, 5.74) is 0. The van der Waals surface area contributed by atoms with Gasteiger partial charge in [0, 0.05) is 24.5 Å². The fraction of sp³-hybridized carbons (Fsp3) is 0.769. The smallest absolute Gasteiger partial charge is 0.203 e. The van der Waals surface area contributed by atoms with Crippen molar-refractivity contribution in [2.45, 2.75) is 64.5 Å². The molecule has 1 fully saturated rings. The first-order valence-corrected chi connectivity index (χ1v) is 6.60. The summed E-state index contributed by atoms with van der Waals surface area (Å²) in [6, 6.07) is 1.25. The Morgan fingerprint density at radius 3 is 3.00 bits per heavy atom. The highest BCUT2D eigenvalue weighted by Crippen LogP contribution is 2.26. The number of hydrogen-bond acceptors (Lipinski definition) is 2. The van der Waals surface area contributed by atoms with E-state index in [1.807, 2.05) is 6.20 Å². The van der Waals surface area contributed by atoms with Gasteiger partial charge in [-0.2, -0.15) is 0 Å². The van der Waals surface area contributed by atoms with Gasteiger partial charge in [-0.3, -0.25) is 0 Å². The predicted molar refractivity (Wildman–Crippen MR) is 67.7 cm³/mol. The number of unbranched alkanes of at least 4 members (excludes halogenated alkanes) is 2. The molecule has 0 aromatic carbocycles. The summed E-state index contributed by atoms with van der Waals surface area (Å²) in [4.78, 5) is 4.40. The van der Waals surface area contributed by atoms with Gasteiger partial charge in [0.15, 0.2) is 0 Å². The van der Waals surface area contributed by atoms with Crippen molar-refractivity contribution in [3.8, 4) is 0 Å². The first kappa shape index (κ1) is 11.5. The molecule has 0 amide bonds. The Hall–Kier alpha value is -0.990. The lowest BCUT2D eigenvalue weighted by Gasteiger charge is -2.16. The Morgan fingerprint density at radius 1 is 1.50 bits per heavy atom. The van der Waals surface area contributed by atoms with Crippen LogP contribution in [-0.4, -0.2) is 15.6 Å². The molecule has 90 valence electrons. The number of hydrogen-bond donors (Lipinski definition) is 1. The molecule has 0 radical (unpaired) electrons. The van der Waals surface area contributed by atoms with E-state index in [-0.39, 0.29) is 0 Å². The van der Waals surface area contributed by atoms with Crippen LogP contribution in [0.3, 0.4) is 0 Å². The van der Waals surface area contributed by atoms with E-state index >= 15 is 0 Å². The Labute approximate surface area is 98.3 Å². The predicted octanol–water partition coefficient (Wildman–Crippen LogP) is 3.60. The maximum atomic E-state index is 4.40. The van der Waals surface area contributed by atoms with Crippen molar-refractivity contribution in [2.24, 2.45) is 0 Å². The number of nitrogens with one attached hydrogen (secondary N) is 1. The van der Waals surface area contributed by atoms with Crippen molar-refractivity contribution in [3.63, 3.8) is 0 Å². The summed E-state index contributed by atoms with van der Waals surface area (Å²) in [7, 11) is 0. The molecule has 0 saturated heterocycles. The van der Waals surface area contributed by atoms with Crippen molar-refractivity contribution in [2.75, 3.05) is 5.32 Å². The van der Waals surface area contributed by atoms with Gasteiger partial charge in [-0.15, -0.1) is 0 Å². The third-order valence-corrected chi connectivity index (χ3v) is 3.28. The minimum Gasteiger partial charge on any atom is -0.353 e. The fourth-order valence-electron chi connectivity index (χ4n) is 2.02. The molecule has 1 saturated carbocycles. The summed E-state index contributed by atoms with van der Waals surface area (Å²) >= 11 is 0. The first-order chi connectivity index (χ1) is 7.81. The van der Waals surface area contributed by atoms with Gasteiger partial charge in [-0.25, -0.2) is 4.98 Å². The van der Waals surface area contributed by atoms with Crippen LogP contribution in [0.4, 0.5) is 5.95 Å². The van der Waals surface area contributed by atoms with Crippen LogP contribution in [0.5, 0.6) is 0 Å². The van der Waals surface area contributed by atoms with Crippen LogP contribution in [0.1, 0.15) is 58.4 Å². The Bertz CT molecular complexity index is 315. The van der Waals surface area contributed by atoms with Crippen molar-refractivity contribution in [3.05, 3.63) is 12.4 Å². The van der Waals surface area contributed by atoms with E-state index in [0.29, 0.717) is 12.1 Å². The van der Waals surface area contributed by atoms with Crippen LogP contribution in [0, 0.1) is 0 Å². The Morgan fingerprint density at radius 2 is 2.31 bits per heavy atom. The minimum atomic E-state index is 0.565. The summed E-state index contributed by atoms with van der Waals surface area (Å²) in [5, 5.41) is 3.49. The number of nitrogens with zero attached hydrogens (tertiary/aromatic N) is 2. The molecule has 1 unspecified atom stereocenters. The Kier molecular flexibility index (Phi) is 3.86. The monoisotopic (exact) mass is 221 g/mol. The molecule has 1 aromatic rings. The van der Waals surface area contributed by atoms with E-state index in [1.54, 1.807) is 0 Å². The minimum absolute atomic E-state index is 0.565. The van der Waals surface area contributed by atoms with Gasteiger partial charge < -0.3 is 9.88 Å². The van der Waals surface area contributed by atoms with Gasteiger partial charge in [0.25, 0.3) is 0 Å². The van der Waals surface area contributed by atoms with Crippen molar-refractivity contribution >= 4 is 5.95 Å². The normalized spacial score (nSPS) is 17.4. The average Bonchev–Trinajstić information content (AvgIpc) is 2.95. The molecule has 1 aliphatic carbocycles. The zero-order valence-electron chi connectivity index (χ0n) is 10.4. The van der Waals surface area contributed by atoms with E-state index < -0.39 is 0 Å². The molecule has 0 aliphatic heterocycles. The molecular formula is C13H23N3. The molecule has 0 bridgehead atoms. The van der Waals surface area contributed by atoms with Gasteiger partial charge in [0.05, 0.1) is 0 Å². The van der Waals surface area contributed by atoms with Crippen LogP contribution >= 0.6 is 0 Å². The van der Waals surface area contributed by atoms with Crippen LogP contribution in [0.15, 0.2) is 12.4 Å². The second-order valence-electron chi connectivity index (χ2n) is 4.92. The van der Waals surface area contributed by atoms with Crippen molar-refractivity contribution in [1.29, 1.82) is 0 Å². The lowest BCUT2D eigenvalue weighted by molar-refractivity contribution is 0.480. The van der Waals surface area contributed by atoms with Gasteiger partial charge >= 0.3 is 0 Å². The number of rotatable bonds is 7. The zero-order chi connectivity index (χ0) is 11.4. The van der Waals surface area contributed by atoms with Gasteiger partial charge in [0.1, 0.15) is 0 Å². The molecule has 1 heterocycles. The van der Waals surface area contributed by atoms with Crippen molar-refractivity contribution in [1.82, 2.24) is 9.55 Å². The highest BCUT2D eigenvalue weighted by molar-refractivity contribution is 5.30. The first-order valence-electron chi connectivity index (χ1n) is 6.60. The van der Waals surface area contributed by atoms with Crippen LogP contribution in [0.25, 0.3) is 0 Å². The van der Waals surface area contributed by atoms with E-state index in [0.717, 1.165) is 5.95 Å². The molecule has 16 heavy (non-hydrogen) atoms. The zero-order valence-corrected chi connectivity index (χ0v) is 10.4. The molecule has 1 aromatic heterocycles. The maximum absolute atomic E-state index is 4.40. The highest BCUT2D eigenvalue weighted by atomic mass is 15.2. The van der Waals surface area contributed by atoms with Crippen LogP contribution < -0.4 is 5.32 Å². The molecule has 2 rings (SSSR count).